The third-order valence-electron chi connectivity index (χ3n) is 3.39. The average molecular weight is 323 g/mol. The average Bonchev–Trinajstić information content (AvgIpc) is 3.17. The van der Waals surface area contributed by atoms with Crippen LogP contribution in [0, 0.1) is 6.92 Å². The number of thiazole rings is 1. The molecule has 2 aromatic heterocycles. The van der Waals surface area contributed by atoms with Crippen molar-refractivity contribution in [2.24, 2.45) is 5.73 Å². The minimum absolute atomic E-state index is 0.00157. The maximum Gasteiger partial charge on any atom is 0.255 e. The van der Waals surface area contributed by atoms with Gasteiger partial charge in [0.25, 0.3) is 5.91 Å². The fourth-order valence-corrected chi connectivity index (χ4v) is 3.89. The van der Waals surface area contributed by atoms with Gasteiger partial charge in [-0.1, -0.05) is 0 Å². The number of carbonyl (C=O) groups is 1. The molecule has 1 saturated heterocycles. The molecule has 2 atom stereocenters. The van der Waals surface area contributed by atoms with Crippen LogP contribution >= 0.6 is 22.7 Å². The van der Waals surface area contributed by atoms with Gasteiger partial charge in [-0.15, -0.1) is 22.7 Å². The molecule has 1 fully saturated rings. The Hall–Kier alpha value is -1.28. The maximum atomic E-state index is 12.1. The zero-order valence-corrected chi connectivity index (χ0v) is 13.3. The zero-order valence-electron chi connectivity index (χ0n) is 11.7. The molecule has 21 heavy (non-hydrogen) atoms. The number of thiophene rings is 1. The summed E-state index contributed by atoms with van der Waals surface area (Å²) in [5, 5.41) is 5.40. The molecule has 5 nitrogen and oxygen atoms in total. The van der Waals surface area contributed by atoms with E-state index in [4.69, 9.17) is 10.5 Å². The zero-order chi connectivity index (χ0) is 14.8. The van der Waals surface area contributed by atoms with E-state index in [2.05, 4.69) is 23.3 Å². The van der Waals surface area contributed by atoms with Crippen molar-refractivity contribution < 1.29 is 9.53 Å². The number of nitrogens with one attached hydrogen (secondary N) is 1. The molecule has 3 heterocycles. The largest absolute Gasteiger partial charge is 0.364 e. The van der Waals surface area contributed by atoms with Gasteiger partial charge in [-0.25, -0.2) is 4.98 Å². The van der Waals surface area contributed by atoms with Gasteiger partial charge in [-0.3, -0.25) is 10.1 Å². The van der Waals surface area contributed by atoms with Gasteiger partial charge in [0.05, 0.1) is 16.7 Å². The lowest BCUT2D eigenvalue weighted by molar-refractivity contribution is -0.126. The van der Waals surface area contributed by atoms with Crippen LogP contribution in [0.2, 0.25) is 0 Å². The van der Waals surface area contributed by atoms with Gasteiger partial charge in [0, 0.05) is 16.8 Å². The van der Waals surface area contributed by atoms with Crippen molar-refractivity contribution >= 4 is 33.7 Å². The van der Waals surface area contributed by atoms with Crippen molar-refractivity contribution in [2.45, 2.75) is 32.0 Å². The quantitative estimate of drug-likeness (QED) is 0.907. The van der Waals surface area contributed by atoms with Crippen LogP contribution in [0.4, 0.5) is 5.13 Å². The molecular formula is C14H17N3O2S2. The molecule has 1 aliphatic heterocycles. The highest BCUT2D eigenvalue weighted by Crippen LogP contribution is 2.30. The van der Waals surface area contributed by atoms with E-state index in [1.54, 1.807) is 11.3 Å². The van der Waals surface area contributed by atoms with Gasteiger partial charge in [0.15, 0.2) is 5.13 Å². The van der Waals surface area contributed by atoms with Crippen LogP contribution in [-0.2, 0) is 9.53 Å². The summed E-state index contributed by atoms with van der Waals surface area (Å²) >= 11 is 3.13. The summed E-state index contributed by atoms with van der Waals surface area (Å²) in [6.45, 7) is 2.53. The van der Waals surface area contributed by atoms with Crippen molar-refractivity contribution in [3.63, 3.8) is 0 Å². The molecule has 0 radical (unpaired) electrons. The van der Waals surface area contributed by atoms with Crippen LogP contribution in [-0.4, -0.2) is 29.6 Å². The predicted octanol–water partition coefficient (Wildman–Crippen LogP) is 2.62. The second-order valence-corrected chi connectivity index (χ2v) is 7.14. The Kier molecular flexibility index (Phi) is 4.34. The maximum absolute atomic E-state index is 12.1. The van der Waals surface area contributed by atoms with Gasteiger partial charge in [-0.2, -0.15) is 0 Å². The van der Waals surface area contributed by atoms with Gasteiger partial charge < -0.3 is 10.5 Å². The first-order valence-corrected chi connectivity index (χ1v) is 8.54. The minimum atomic E-state index is -0.408. The van der Waals surface area contributed by atoms with Gasteiger partial charge in [0.2, 0.25) is 0 Å². The summed E-state index contributed by atoms with van der Waals surface area (Å²) in [5.74, 6) is -0.130. The normalized spacial score (nSPS) is 21.6. The SMILES string of the molecule is Cc1ccc(-c2csc(NC(=O)[C@@H]3CC[C@H](CN)O3)n2)s1. The van der Waals surface area contributed by atoms with Crippen molar-refractivity contribution in [1.82, 2.24) is 4.98 Å². The van der Waals surface area contributed by atoms with E-state index in [-0.39, 0.29) is 12.0 Å². The molecule has 0 unspecified atom stereocenters. The lowest BCUT2D eigenvalue weighted by Gasteiger charge is -2.11. The Labute approximate surface area is 131 Å². The Morgan fingerprint density at radius 2 is 2.38 bits per heavy atom. The smallest absolute Gasteiger partial charge is 0.255 e. The first-order chi connectivity index (χ1) is 10.2. The Balaban J connectivity index is 1.63. The van der Waals surface area contributed by atoms with Crippen molar-refractivity contribution in [3.8, 4) is 10.6 Å². The first kappa shape index (κ1) is 14.6. The summed E-state index contributed by atoms with van der Waals surface area (Å²) in [6.07, 6.45) is 1.15. The summed E-state index contributed by atoms with van der Waals surface area (Å²) in [7, 11) is 0. The predicted molar refractivity (Wildman–Crippen MR) is 85.7 cm³/mol. The summed E-state index contributed by atoms with van der Waals surface area (Å²) in [6, 6.07) is 4.11. The molecule has 0 aromatic carbocycles. The van der Waals surface area contributed by atoms with Gasteiger partial charge in [0.1, 0.15) is 6.10 Å². The van der Waals surface area contributed by atoms with Crippen LogP contribution in [0.3, 0.4) is 0 Å². The van der Waals surface area contributed by atoms with E-state index >= 15 is 0 Å². The molecule has 2 aromatic rings. The molecular weight excluding hydrogens is 306 g/mol. The Bertz CT molecular complexity index is 638. The highest BCUT2D eigenvalue weighted by atomic mass is 32.1. The molecule has 7 heteroatoms. The number of amides is 1. The van der Waals surface area contributed by atoms with Gasteiger partial charge in [-0.05, 0) is 31.9 Å². The second-order valence-electron chi connectivity index (χ2n) is 5.00. The number of hydrogen-bond acceptors (Lipinski definition) is 6. The molecule has 3 rings (SSSR count). The highest BCUT2D eigenvalue weighted by molar-refractivity contribution is 7.17. The van der Waals surface area contributed by atoms with E-state index < -0.39 is 6.10 Å². The van der Waals surface area contributed by atoms with Crippen molar-refractivity contribution in [2.75, 3.05) is 11.9 Å². The van der Waals surface area contributed by atoms with Crippen molar-refractivity contribution in [1.29, 1.82) is 0 Å². The van der Waals surface area contributed by atoms with Gasteiger partial charge >= 0.3 is 0 Å². The lowest BCUT2D eigenvalue weighted by Crippen LogP contribution is -2.29. The Morgan fingerprint density at radius 1 is 1.52 bits per heavy atom. The first-order valence-electron chi connectivity index (χ1n) is 6.84. The lowest BCUT2D eigenvalue weighted by atomic mass is 10.2. The number of aryl methyl sites for hydroxylation is 1. The van der Waals surface area contributed by atoms with E-state index in [0.29, 0.717) is 11.7 Å². The fourth-order valence-electron chi connectivity index (χ4n) is 2.27. The minimum Gasteiger partial charge on any atom is -0.364 e. The van der Waals surface area contributed by atoms with Crippen LogP contribution in [0.15, 0.2) is 17.5 Å². The van der Waals surface area contributed by atoms with Crippen LogP contribution in [0.25, 0.3) is 10.6 Å². The topological polar surface area (TPSA) is 77.2 Å². The molecule has 0 spiro atoms. The molecule has 0 saturated carbocycles. The number of anilines is 1. The van der Waals surface area contributed by atoms with Crippen LogP contribution < -0.4 is 11.1 Å². The van der Waals surface area contributed by atoms with E-state index in [1.165, 1.54) is 16.2 Å². The standard InChI is InChI=1S/C14H17N3O2S2/c1-8-2-5-12(21-8)10-7-20-14(16-10)17-13(18)11-4-3-9(6-15)19-11/h2,5,7,9,11H,3-4,6,15H2,1H3,(H,16,17,18)/t9-,11+/m1/s1. The number of aromatic nitrogens is 1. The number of ether oxygens (including phenoxy) is 1. The second kappa shape index (κ2) is 6.23. The van der Waals surface area contributed by atoms with Crippen LogP contribution in [0.5, 0.6) is 0 Å². The molecule has 3 N–H and O–H groups in total. The molecule has 1 aliphatic rings. The fraction of sp³-hybridized carbons (Fsp3) is 0.429. The van der Waals surface area contributed by atoms with Crippen molar-refractivity contribution in [3.05, 3.63) is 22.4 Å². The molecule has 0 bridgehead atoms. The van der Waals surface area contributed by atoms with Crippen LogP contribution in [0.1, 0.15) is 17.7 Å². The number of rotatable bonds is 4. The highest BCUT2D eigenvalue weighted by Gasteiger charge is 2.30. The number of nitrogens with zero attached hydrogens (tertiary/aromatic N) is 1. The number of hydrogen-bond donors (Lipinski definition) is 2. The molecule has 0 aliphatic carbocycles. The third kappa shape index (κ3) is 3.32. The molecule has 112 valence electrons. The Morgan fingerprint density at radius 3 is 3.05 bits per heavy atom. The third-order valence-corrected chi connectivity index (χ3v) is 5.17. The molecule has 1 amide bonds. The summed E-state index contributed by atoms with van der Waals surface area (Å²) in [5.41, 5.74) is 6.46. The van der Waals surface area contributed by atoms with E-state index in [9.17, 15) is 4.79 Å². The number of carbonyl (C=O) groups excluding carboxylic acids is 1. The number of nitrogens with two attached hydrogens (primary N) is 1. The monoisotopic (exact) mass is 323 g/mol. The van der Waals surface area contributed by atoms with E-state index in [0.717, 1.165) is 23.4 Å². The summed E-state index contributed by atoms with van der Waals surface area (Å²) < 4.78 is 5.58. The van der Waals surface area contributed by atoms with E-state index in [1.807, 2.05) is 11.4 Å². The summed E-state index contributed by atoms with van der Waals surface area (Å²) in [4.78, 5) is 18.9.